The molecule has 1 fully saturated rings. The number of rotatable bonds is 5. The second-order valence-electron chi connectivity index (χ2n) is 5.79. The number of benzene rings is 1. The molecule has 0 aliphatic carbocycles. The van der Waals surface area contributed by atoms with Crippen LogP contribution in [0.2, 0.25) is 0 Å². The van der Waals surface area contributed by atoms with Crippen LogP contribution in [0.3, 0.4) is 0 Å². The second kappa shape index (κ2) is 6.60. The topological polar surface area (TPSA) is 92.5 Å². The van der Waals surface area contributed by atoms with Crippen LogP contribution in [0.25, 0.3) is 0 Å². The molecule has 0 bridgehead atoms. The first kappa shape index (κ1) is 16.0. The normalized spacial score (nSPS) is 19.1. The molecule has 1 aromatic rings. The lowest BCUT2D eigenvalue weighted by atomic mass is 10.1. The lowest BCUT2D eigenvalue weighted by Gasteiger charge is -2.17. The van der Waals surface area contributed by atoms with Gasteiger partial charge in [-0.25, -0.2) is 0 Å². The maximum Gasteiger partial charge on any atom is 0.239 e. The van der Waals surface area contributed by atoms with E-state index in [2.05, 4.69) is 5.32 Å². The predicted molar refractivity (Wildman–Crippen MR) is 81.5 cm³/mol. The highest BCUT2D eigenvalue weighted by Gasteiger charge is 2.34. The van der Waals surface area contributed by atoms with Crippen LogP contribution >= 0.6 is 0 Å². The van der Waals surface area contributed by atoms with Gasteiger partial charge in [-0.3, -0.25) is 14.4 Å². The summed E-state index contributed by atoms with van der Waals surface area (Å²) in [6.45, 7) is 4.39. The Morgan fingerprint density at radius 3 is 2.59 bits per heavy atom. The Labute approximate surface area is 129 Å². The van der Waals surface area contributed by atoms with Crippen LogP contribution in [0, 0.1) is 12.8 Å². The van der Waals surface area contributed by atoms with E-state index < -0.39 is 17.9 Å². The molecule has 1 heterocycles. The number of nitrogens with one attached hydrogen (secondary N) is 1. The van der Waals surface area contributed by atoms with E-state index in [1.807, 2.05) is 31.2 Å². The number of hydrogen-bond donors (Lipinski definition) is 2. The lowest BCUT2D eigenvalue weighted by Crippen LogP contribution is -2.45. The Kier molecular flexibility index (Phi) is 4.80. The van der Waals surface area contributed by atoms with Gasteiger partial charge < -0.3 is 16.0 Å². The molecule has 2 atom stereocenters. The number of amides is 3. The van der Waals surface area contributed by atoms with Crippen molar-refractivity contribution >= 4 is 17.7 Å². The molecule has 0 radical (unpaired) electrons. The summed E-state index contributed by atoms with van der Waals surface area (Å²) >= 11 is 0. The van der Waals surface area contributed by atoms with E-state index in [0.29, 0.717) is 13.1 Å². The summed E-state index contributed by atoms with van der Waals surface area (Å²) < 4.78 is 0. The number of primary amides is 1. The molecule has 1 saturated heterocycles. The highest BCUT2D eigenvalue weighted by Crippen LogP contribution is 2.20. The van der Waals surface area contributed by atoms with Gasteiger partial charge in [0.15, 0.2) is 0 Å². The van der Waals surface area contributed by atoms with E-state index >= 15 is 0 Å². The molecule has 118 valence electrons. The van der Waals surface area contributed by atoms with Gasteiger partial charge in [0.25, 0.3) is 0 Å². The van der Waals surface area contributed by atoms with Crippen LogP contribution in [0.5, 0.6) is 0 Å². The van der Waals surface area contributed by atoms with Gasteiger partial charge in [-0.1, -0.05) is 29.8 Å². The third-order valence-electron chi connectivity index (χ3n) is 3.86. The third kappa shape index (κ3) is 3.84. The fraction of sp³-hybridized carbons (Fsp3) is 0.438. The maximum atomic E-state index is 12.1. The third-order valence-corrected chi connectivity index (χ3v) is 3.86. The Morgan fingerprint density at radius 1 is 1.36 bits per heavy atom. The average Bonchev–Trinajstić information content (AvgIpc) is 2.82. The highest BCUT2D eigenvalue weighted by molar-refractivity contribution is 5.92. The zero-order valence-corrected chi connectivity index (χ0v) is 12.8. The molecule has 22 heavy (non-hydrogen) atoms. The molecular formula is C16H21N3O3. The van der Waals surface area contributed by atoms with Crippen molar-refractivity contribution in [1.29, 1.82) is 0 Å². The smallest absolute Gasteiger partial charge is 0.239 e. The van der Waals surface area contributed by atoms with Crippen LogP contribution in [0.1, 0.15) is 24.5 Å². The molecule has 0 aromatic heterocycles. The van der Waals surface area contributed by atoms with Gasteiger partial charge in [0.05, 0.1) is 5.92 Å². The van der Waals surface area contributed by atoms with Crippen molar-refractivity contribution in [2.24, 2.45) is 11.7 Å². The number of carbonyl (C=O) groups excluding carboxylic acids is 3. The molecule has 1 aromatic carbocycles. The number of carbonyl (C=O) groups is 3. The number of likely N-dealkylation sites (tertiary alicyclic amines) is 1. The van der Waals surface area contributed by atoms with Crippen LogP contribution in [0.15, 0.2) is 24.3 Å². The van der Waals surface area contributed by atoms with Crippen molar-refractivity contribution in [3.8, 4) is 0 Å². The zero-order chi connectivity index (χ0) is 16.3. The largest absolute Gasteiger partial charge is 0.368 e. The van der Waals surface area contributed by atoms with E-state index in [9.17, 15) is 14.4 Å². The van der Waals surface area contributed by atoms with Gasteiger partial charge >= 0.3 is 0 Å². The van der Waals surface area contributed by atoms with Crippen molar-refractivity contribution in [1.82, 2.24) is 10.2 Å². The van der Waals surface area contributed by atoms with E-state index in [1.165, 1.54) is 6.92 Å². The fourth-order valence-electron chi connectivity index (χ4n) is 2.42. The molecule has 6 heteroatoms. The average molecular weight is 303 g/mol. The minimum atomic E-state index is -0.728. The summed E-state index contributed by atoms with van der Waals surface area (Å²) in [4.78, 5) is 36.7. The standard InChI is InChI=1S/C16H21N3O3/c1-10-3-5-12(6-4-10)8-19-9-13(7-14(19)20)16(22)18-11(2)15(17)21/h3-6,11,13H,7-9H2,1-2H3,(H2,17,21)(H,18,22). The monoisotopic (exact) mass is 303 g/mol. The second-order valence-corrected chi connectivity index (χ2v) is 5.79. The summed E-state index contributed by atoms with van der Waals surface area (Å²) in [5.74, 6) is -1.37. The number of nitrogens with two attached hydrogens (primary N) is 1. The summed E-state index contributed by atoms with van der Waals surface area (Å²) in [5.41, 5.74) is 7.32. The van der Waals surface area contributed by atoms with E-state index in [-0.39, 0.29) is 18.2 Å². The molecule has 1 aliphatic rings. The first-order chi connectivity index (χ1) is 10.4. The Balaban J connectivity index is 1.94. The van der Waals surface area contributed by atoms with Crippen LogP contribution in [-0.2, 0) is 20.9 Å². The maximum absolute atomic E-state index is 12.1. The van der Waals surface area contributed by atoms with Gasteiger partial charge in [-0.15, -0.1) is 0 Å². The van der Waals surface area contributed by atoms with Gasteiger partial charge in [0.2, 0.25) is 17.7 Å². The predicted octanol–water partition coefficient (Wildman–Crippen LogP) is 0.334. The molecule has 3 N–H and O–H groups in total. The first-order valence-corrected chi connectivity index (χ1v) is 7.30. The number of aryl methyl sites for hydroxylation is 1. The number of nitrogens with zero attached hydrogens (tertiary/aromatic N) is 1. The quantitative estimate of drug-likeness (QED) is 0.821. The summed E-state index contributed by atoms with van der Waals surface area (Å²) in [7, 11) is 0. The highest BCUT2D eigenvalue weighted by atomic mass is 16.2. The van der Waals surface area contributed by atoms with Gasteiger partial charge in [-0.2, -0.15) is 0 Å². The summed E-state index contributed by atoms with van der Waals surface area (Å²) in [6.07, 6.45) is 0.170. The van der Waals surface area contributed by atoms with Crippen LogP contribution < -0.4 is 11.1 Å². The van der Waals surface area contributed by atoms with Crippen LogP contribution in [0.4, 0.5) is 0 Å². The number of hydrogen-bond acceptors (Lipinski definition) is 3. The lowest BCUT2D eigenvalue weighted by molar-refractivity contribution is -0.130. The minimum Gasteiger partial charge on any atom is -0.368 e. The molecular weight excluding hydrogens is 282 g/mol. The fourth-order valence-corrected chi connectivity index (χ4v) is 2.42. The molecule has 2 rings (SSSR count). The van der Waals surface area contributed by atoms with Gasteiger partial charge in [0.1, 0.15) is 6.04 Å². The molecule has 3 amide bonds. The van der Waals surface area contributed by atoms with Crippen LogP contribution in [-0.4, -0.2) is 35.2 Å². The van der Waals surface area contributed by atoms with E-state index in [1.54, 1.807) is 4.90 Å². The molecule has 0 spiro atoms. The van der Waals surface area contributed by atoms with Crippen molar-refractivity contribution in [2.45, 2.75) is 32.9 Å². The molecule has 1 aliphatic heterocycles. The summed E-state index contributed by atoms with van der Waals surface area (Å²) in [5, 5.41) is 2.54. The van der Waals surface area contributed by atoms with Gasteiger partial charge in [-0.05, 0) is 19.4 Å². The van der Waals surface area contributed by atoms with Crippen molar-refractivity contribution in [2.75, 3.05) is 6.54 Å². The Hall–Kier alpha value is -2.37. The molecule has 6 nitrogen and oxygen atoms in total. The Morgan fingerprint density at radius 2 is 2.00 bits per heavy atom. The first-order valence-electron chi connectivity index (χ1n) is 7.30. The van der Waals surface area contributed by atoms with Crippen molar-refractivity contribution in [3.05, 3.63) is 35.4 Å². The zero-order valence-electron chi connectivity index (χ0n) is 12.8. The van der Waals surface area contributed by atoms with E-state index in [0.717, 1.165) is 11.1 Å². The Bertz CT molecular complexity index is 583. The summed E-state index contributed by atoms with van der Waals surface area (Å²) in [6, 6.07) is 7.22. The molecule has 2 unspecified atom stereocenters. The van der Waals surface area contributed by atoms with Gasteiger partial charge in [0, 0.05) is 19.5 Å². The SMILES string of the molecule is Cc1ccc(CN2CC(C(=O)NC(C)C(N)=O)CC2=O)cc1. The minimum absolute atomic E-state index is 0.0487. The van der Waals surface area contributed by atoms with Crippen molar-refractivity contribution in [3.63, 3.8) is 0 Å². The van der Waals surface area contributed by atoms with Crippen molar-refractivity contribution < 1.29 is 14.4 Å². The van der Waals surface area contributed by atoms with E-state index in [4.69, 9.17) is 5.73 Å². The molecule has 0 saturated carbocycles.